The highest BCUT2D eigenvalue weighted by atomic mass is 16.5. The third-order valence-electron chi connectivity index (χ3n) is 4.59. The van der Waals surface area contributed by atoms with Crippen molar-refractivity contribution in [3.8, 4) is 5.75 Å². The van der Waals surface area contributed by atoms with Crippen LogP contribution in [-0.4, -0.2) is 31.6 Å². The Balaban J connectivity index is 1.67. The van der Waals surface area contributed by atoms with Crippen LogP contribution in [0.2, 0.25) is 0 Å². The number of ether oxygens (including phenoxy) is 1. The zero-order valence-corrected chi connectivity index (χ0v) is 14.6. The predicted molar refractivity (Wildman–Crippen MR) is 93.7 cm³/mol. The van der Waals surface area contributed by atoms with Gasteiger partial charge in [-0.25, -0.2) is 0 Å². The van der Waals surface area contributed by atoms with E-state index in [1.807, 2.05) is 31.2 Å². The number of rotatable bonds is 7. The van der Waals surface area contributed by atoms with Crippen LogP contribution in [0, 0.1) is 18.8 Å². The fourth-order valence-corrected chi connectivity index (χ4v) is 3.04. The Kier molecular flexibility index (Phi) is 6.90. The van der Waals surface area contributed by atoms with Crippen LogP contribution in [0.15, 0.2) is 24.3 Å². The lowest BCUT2D eigenvalue weighted by Gasteiger charge is -2.28. The maximum absolute atomic E-state index is 12.1. The number of nitrogens with one attached hydrogen (secondary N) is 2. The maximum atomic E-state index is 12.1. The number of carbonyl (C=O) groups is 1. The van der Waals surface area contributed by atoms with Crippen molar-refractivity contribution in [1.82, 2.24) is 10.6 Å². The minimum absolute atomic E-state index is 0.0340. The van der Waals surface area contributed by atoms with Crippen LogP contribution < -0.4 is 15.4 Å². The molecule has 1 heterocycles. The number of aryl methyl sites for hydroxylation is 1. The lowest BCUT2D eigenvalue weighted by molar-refractivity contribution is -0.122. The number of carbonyl (C=O) groups excluding carboxylic acids is 1. The molecule has 0 bridgehead atoms. The monoisotopic (exact) mass is 318 g/mol. The van der Waals surface area contributed by atoms with Crippen molar-refractivity contribution in [3.63, 3.8) is 0 Å². The van der Waals surface area contributed by atoms with Crippen LogP contribution >= 0.6 is 0 Å². The molecular weight excluding hydrogens is 288 g/mol. The van der Waals surface area contributed by atoms with Gasteiger partial charge in [-0.1, -0.05) is 24.6 Å². The quantitative estimate of drug-likeness (QED) is 0.813. The van der Waals surface area contributed by atoms with Gasteiger partial charge >= 0.3 is 0 Å². The highest BCUT2D eigenvalue weighted by Gasteiger charge is 2.22. The standard InChI is InChI=1S/C19H30N2O2/c1-14-6-8-18(9-7-14)23-16(3)12-21-19(22)11-15(2)17-5-4-10-20-13-17/h6-9,15-17,20H,4-5,10-13H2,1-3H3,(H,21,22). The van der Waals surface area contributed by atoms with E-state index in [9.17, 15) is 4.79 Å². The van der Waals surface area contributed by atoms with E-state index in [0.29, 0.717) is 24.8 Å². The van der Waals surface area contributed by atoms with E-state index in [0.717, 1.165) is 18.8 Å². The summed E-state index contributed by atoms with van der Waals surface area (Å²) in [4.78, 5) is 12.1. The van der Waals surface area contributed by atoms with Crippen molar-refractivity contribution < 1.29 is 9.53 Å². The summed E-state index contributed by atoms with van der Waals surface area (Å²) in [6.45, 7) is 8.92. The van der Waals surface area contributed by atoms with Crippen LogP contribution in [0.25, 0.3) is 0 Å². The average molecular weight is 318 g/mol. The molecule has 0 radical (unpaired) electrons. The van der Waals surface area contributed by atoms with Crippen molar-refractivity contribution in [3.05, 3.63) is 29.8 Å². The predicted octanol–water partition coefficient (Wildman–Crippen LogP) is 2.90. The Morgan fingerprint density at radius 3 is 2.74 bits per heavy atom. The average Bonchev–Trinajstić information content (AvgIpc) is 2.56. The molecule has 3 unspecified atom stereocenters. The zero-order chi connectivity index (χ0) is 16.7. The van der Waals surface area contributed by atoms with Gasteiger partial charge in [0.1, 0.15) is 11.9 Å². The fourth-order valence-electron chi connectivity index (χ4n) is 3.04. The summed E-state index contributed by atoms with van der Waals surface area (Å²) in [6, 6.07) is 7.98. The first-order valence-corrected chi connectivity index (χ1v) is 8.75. The minimum atomic E-state index is -0.0340. The molecule has 2 N–H and O–H groups in total. The molecule has 1 aromatic carbocycles. The number of piperidine rings is 1. The van der Waals surface area contributed by atoms with E-state index in [-0.39, 0.29) is 12.0 Å². The molecule has 23 heavy (non-hydrogen) atoms. The van der Waals surface area contributed by atoms with Gasteiger partial charge in [0.05, 0.1) is 6.54 Å². The Hall–Kier alpha value is -1.55. The first-order valence-electron chi connectivity index (χ1n) is 8.75. The molecule has 1 aromatic rings. The lowest BCUT2D eigenvalue weighted by Crippen LogP contribution is -2.37. The Labute approximate surface area is 140 Å². The fraction of sp³-hybridized carbons (Fsp3) is 0.632. The van der Waals surface area contributed by atoms with Crippen molar-refractivity contribution in [1.29, 1.82) is 0 Å². The molecule has 0 aromatic heterocycles. The van der Waals surface area contributed by atoms with Crippen molar-refractivity contribution >= 4 is 5.91 Å². The lowest BCUT2D eigenvalue weighted by atomic mass is 9.85. The first-order chi connectivity index (χ1) is 11.0. The smallest absolute Gasteiger partial charge is 0.220 e. The second-order valence-corrected chi connectivity index (χ2v) is 6.83. The summed E-state index contributed by atoms with van der Waals surface area (Å²) in [5.41, 5.74) is 1.21. The normalized spacial score (nSPS) is 20.6. The Morgan fingerprint density at radius 1 is 1.35 bits per heavy atom. The molecule has 4 nitrogen and oxygen atoms in total. The molecule has 0 saturated carbocycles. The molecule has 1 fully saturated rings. The summed E-state index contributed by atoms with van der Waals surface area (Å²) in [6.07, 6.45) is 3.02. The van der Waals surface area contributed by atoms with Crippen LogP contribution in [-0.2, 0) is 4.79 Å². The summed E-state index contributed by atoms with van der Waals surface area (Å²) < 4.78 is 5.82. The molecule has 4 heteroatoms. The van der Waals surface area contributed by atoms with Crippen LogP contribution in [0.5, 0.6) is 5.75 Å². The summed E-state index contributed by atoms with van der Waals surface area (Å²) in [5.74, 6) is 2.02. The Morgan fingerprint density at radius 2 is 2.09 bits per heavy atom. The van der Waals surface area contributed by atoms with Gasteiger partial charge in [-0.3, -0.25) is 4.79 Å². The molecule has 1 aliphatic heterocycles. The third kappa shape index (κ3) is 6.22. The van der Waals surface area contributed by atoms with Gasteiger partial charge in [-0.15, -0.1) is 0 Å². The minimum Gasteiger partial charge on any atom is -0.489 e. The van der Waals surface area contributed by atoms with Gasteiger partial charge in [0, 0.05) is 6.42 Å². The van der Waals surface area contributed by atoms with Gasteiger partial charge in [-0.05, 0) is 63.7 Å². The highest BCUT2D eigenvalue weighted by molar-refractivity contribution is 5.76. The van der Waals surface area contributed by atoms with Crippen molar-refractivity contribution in [2.45, 2.75) is 46.1 Å². The Bertz CT molecular complexity index is 481. The molecule has 128 valence electrons. The number of hydrogen-bond donors (Lipinski definition) is 2. The largest absolute Gasteiger partial charge is 0.489 e. The topological polar surface area (TPSA) is 50.4 Å². The van der Waals surface area contributed by atoms with E-state index in [1.54, 1.807) is 0 Å². The van der Waals surface area contributed by atoms with Crippen molar-refractivity contribution in [2.75, 3.05) is 19.6 Å². The number of benzene rings is 1. The third-order valence-corrected chi connectivity index (χ3v) is 4.59. The molecule has 1 aliphatic rings. The van der Waals surface area contributed by atoms with E-state index in [2.05, 4.69) is 24.5 Å². The SMILES string of the molecule is Cc1ccc(OC(C)CNC(=O)CC(C)C2CCCNC2)cc1. The second kappa shape index (κ2) is 8.92. The number of hydrogen-bond acceptors (Lipinski definition) is 3. The van der Waals surface area contributed by atoms with Crippen molar-refractivity contribution in [2.24, 2.45) is 11.8 Å². The van der Waals surface area contributed by atoms with E-state index in [1.165, 1.54) is 18.4 Å². The van der Waals surface area contributed by atoms with Gasteiger partial charge in [-0.2, -0.15) is 0 Å². The van der Waals surface area contributed by atoms with E-state index >= 15 is 0 Å². The van der Waals surface area contributed by atoms with Crippen LogP contribution in [0.3, 0.4) is 0 Å². The van der Waals surface area contributed by atoms with Gasteiger partial charge < -0.3 is 15.4 Å². The summed E-state index contributed by atoms with van der Waals surface area (Å²) in [5, 5.41) is 6.42. The van der Waals surface area contributed by atoms with Gasteiger partial charge in [0.25, 0.3) is 0 Å². The van der Waals surface area contributed by atoms with E-state index in [4.69, 9.17) is 4.74 Å². The van der Waals surface area contributed by atoms with Crippen LogP contribution in [0.4, 0.5) is 0 Å². The van der Waals surface area contributed by atoms with E-state index < -0.39 is 0 Å². The molecule has 0 aliphatic carbocycles. The zero-order valence-electron chi connectivity index (χ0n) is 14.6. The molecule has 1 amide bonds. The van der Waals surface area contributed by atoms with Gasteiger partial charge in [0.2, 0.25) is 5.91 Å². The second-order valence-electron chi connectivity index (χ2n) is 6.83. The van der Waals surface area contributed by atoms with Crippen LogP contribution in [0.1, 0.15) is 38.7 Å². The first kappa shape index (κ1) is 17.8. The molecule has 3 atom stereocenters. The maximum Gasteiger partial charge on any atom is 0.220 e. The molecule has 2 rings (SSSR count). The molecular formula is C19H30N2O2. The van der Waals surface area contributed by atoms with Gasteiger partial charge in [0.15, 0.2) is 0 Å². The summed E-state index contributed by atoms with van der Waals surface area (Å²) in [7, 11) is 0. The summed E-state index contributed by atoms with van der Waals surface area (Å²) >= 11 is 0. The number of amides is 1. The molecule has 1 saturated heterocycles. The molecule has 0 spiro atoms. The highest BCUT2D eigenvalue weighted by Crippen LogP contribution is 2.22.